The molecule has 46 heavy (non-hydrogen) atoms. The van der Waals surface area contributed by atoms with Crippen LogP contribution in [0, 0.1) is 10.8 Å². The zero-order valence-corrected chi connectivity index (χ0v) is 26.2. The van der Waals surface area contributed by atoms with Crippen molar-refractivity contribution in [1.82, 2.24) is 0 Å². The molecule has 0 heterocycles. The number of Topliss-reactive ketones (excluding diaryl/α,β-unsaturated/α-hetero) is 4. The van der Waals surface area contributed by atoms with Crippen molar-refractivity contribution in [2.45, 2.75) is 24.3 Å². The van der Waals surface area contributed by atoms with Crippen molar-refractivity contribution in [2.24, 2.45) is 10.8 Å². The van der Waals surface area contributed by atoms with Crippen molar-refractivity contribution in [3.63, 3.8) is 0 Å². The van der Waals surface area contributed by atoms with Gasteiger partial charge in [0.15, 0.2) is 23.1 Å². The number of ketones is 4. The Bertz CT molecular complexity index is 2000. The molecule has 5 aromatic rings. The van der Waals surface area contributed by atoms with Crippen LogP contribution in [0.4, 0.5) is 5.69 Å². The molecular weight excluding hydrogens is 638 g/mol. The third-order valence-electron chi connectivity index (χ3n) is 10.3. The predicted octanol–water partition coefficient (Wildman–Crippen LogP) is 8.33. The Hall–Kier alpha value is -4.94. The summed E-state index contributed by atoms with van der Waals surface area (Å²) in [5.74, 6) is -3.24. The van der Waals surface area contributed by atoms with Crippen LogP contribution < -0.4 is 5.32 Å². The summed E-state index contributed by atoms with van der Waals surface area (Å²) in [6.07, 6.45) is 0.191. The largest absolute Gasteiger partial charge is 0.381 e. The van der Waals surface area contributed by atoms with Crippen LogP contribution >= 0.6 is 15.9 Å². The number of carbonyl (C=O) groups excluding carboxylic acids is 4. The van der Waals surface area contributed by atoms with Crippen LogP contribution in [-0.2, 0) is 0 Å². The van der Waals surface area contributed by atoms with Crippen molar-refractivity contribution < 1.29 is 19.2 Å². The molecule has 0 unspecified atom stereocenters. The second-order valence-corrected chi connectivity index (χ2v) is 13.2. The first kappa shape index (κ1) is 28.5. The van der Waals surface area contributed by atoms with Gasteiger partial charge in [0.25, 0.3) is 0 Å². The molecule has 0 amide bonds. The van der Waals surface area contributed by atoms with Crippen LogP contribution in [0.1, 0.15) is 70.8 Å². The SMILES string of the molecule is O=C1c2ccccc2C(=O)C12[C@H](c1ccccc1Br)C1(C(=O)c3ccccc3C1=O)[C@@H](c1ccccc1)C[C@@H]2Nc1ccccc1. The third kappa shape index (κ3) is 3.68. The Kier molecular flexibility index (Phi) is 6.55. The van der Waals surface area contributed by atoms with Gasteiger partial charge in [-0.3, -0.25) is 19.2 Å². The van der Waals surface area contributed by atoms with E-state index in [1.54, 1.807) is 48.5 Å². The second-order valence-electron chi connectivity index (χ2n) is 12.4. The molecule has 0 aromatic heterocycles. The minimum Gasteiger partial charge on any atom is -0.381 e. The minimum absolute atomic E-state index is 0.191. The highest BCUT2D eigenvalue weighted by Gasteiger charge is 2.77. The molecule has 1 saturated carbocycles. The lowest BCUT2D eigenvalue weighted by Gasteiger charge is -2.56. The van der Waals surface area contributed by atoms with Crippen LogP contribution in [0.15, 0.2) is 138 Å². The maximum Gasteiger partial charge on any atom is 0.180 e. The van der Waals surface area contributed by atoms with E-state index in [4.69, 9.17) is 0 Å². The fourth-order valence-corrected chi connectivity index (χ4v) is 9.09. The molecule has 3 aliphatic carbocycles. The third-order valence-corrected chi connectivity index (χ3v) is 11.1. The summed E-state index contributed by atoms with van der Waals surface area (Å²) >= 11 is 3.74. The number of para-hydroxylation sites is 1. The van der Waals surface area contributed by atoms with E-state index in [1.807, 2.05) is 84.9 Å². The van der Waals surface area contributed by atoms with E-state index >= 15 is 19.2 Å². The molecule has 1 fully saturated rings. The molecule has 224 valence electrons. The first-order chi connectivity index (χ1) is 22.4. The van der Waals surface area contributed by atoms with Crippen LogP contribution in [-0.4, -0.2) is 29.2 Å². The Labute approximate surface area is 274 Å². The highest BCUT2D eigenvalue weighted by molar-refractivity contribution is 9.10. The number of carbonyl (C=O) groups is 4. The monoisotopic (exact) mass is 665 g/mol. The summed E-state index contributed by atoms with van der Waals surface area (Å²) in [7, 11) is 0. The Morgan fingerprint density at radius 3 is 1.48 bits per heavy atom. The molecule has 2 spiro atoms. The van der Waals surface area contributed by atoms with E-state index in [9.17, 15) is 0 Å². The van der Waals surface area contributed by atoms with Crippen LogP contribution in [0.5, 0.6) is 0 Å². The van der Waals surface area contributed by atoms with Crippen molar-refractivity contribution in [3.8, 4) is 0 Å². The van der Waals surface area contributed by atoms with Gasteiger partial charge in [-0.25, -0.2) is 0 Å². The highest BCUT2D eigenvalue weighted by Crippen LogP contribution is 2.69. The molecule has 0 saturated heterocycles. The Morgan fingerprint density at radius 2 is 0.957 bits per heavy atom. The standard InChI is InChI=1S/C40H28BrNO4/c41-32-22-12-11-21-30(32)34-39(35(43)26-17-7-8-18-27(26)36(39)44)31(24-13-3-1-4-14-24)23-33(42-25-15-5-2-6-16-25)40(34)37(45)28-19-9-10-20-29(28)38(40)46/h1-22,31,33-34,42H,23H2/t31-,33+,34-/m1/s1. The zero-order valence-electron chi connectivity index (χ0n) is 24.7. The van der Waals surface area contributed by atoms with E-state index < -0.39 is 28.7 Å². The molecule has 0 bridgehead atoms. The summed E-state index contributed by atoms with van der Waals surface area (Å²) in [6, 6.07) is 39.5. The first-order valence-electron chi connectivity index (χ1n) is 15.4. The van der Waals surface area contributed by atoms with Gasteiger partial charge in [0.2, 0.25) is 0 Å². The summed E-state index contributed by atoms with van der Waals surface area (Å²) in [5.41, 5.74) is -0.202. The van der Waals surface area contributed by atoms with Crippen LogP contribution in [0.25, 0.3) is 0 Å². The fourth-order valence-electron chi connectivity index (χ4n) is 8.57. The molecule has 6 heteroatoms. The summed E-state index contributed by atoms with van der Waals surface area (Å²) in [6.45, 7) is 0. The maximum absolute atomic E-state index is 15.3. The maximum atomic E-state index is 15.3. The van der Waals surface area contributed by atoms with Gasteiger partial charge in [0, 0.05) is 50.3 Å². The lowest BCUT2D eigenvalue weighted by Crippen LogP contribution is -2.65. The number of hydrogen-bond donors (Lipinski definition) is 1. The Balaban J connectivity index is 1.52. The average Bonchev–Trinajstić information content (AvgIpc) is 3.45. The van der Waals surface area contributed by atoms with Gasteiger partial charge in [-0.1, -0.05) is 131 Å². The summed E-state index contributed by atoms with van der Waals surface area (Å²) in [5, 5.41) is 3.61. The van der Waals surface area contributed by atoms with Crippen molar-refractivity contribution in [1.29, 1.82) is 0 Å². The lowest BCUT2D eigenvalue weighted by molar-refractivity contribution is 0.0163. The second kappa shape index (κ2) is 10.6. The molecule has 0 radical (unpaired) electrons. The van der Waals surface area contributed by atoms with Gasteiger partial charge in [-0.15, -0.1) is 0 Å². The molecule has 3 atom stereocenters. The molecule has 3 aliphatic rings. The zero-order chi connectivity index (χ0) is 31.6. The van der Waals surface area contributed by atoms with Gasteiger partial charge in [0.1, 0.15) is 10.8 Å². The van der Waals surface area contributed by atoms with E-state index in [2.05, 4.69) is 21.2 Å². The number of hydrogen-bond acceptors (Lipinski definition) is 5. The topological polar surface area (TPSA) is 80.3 Å². The quantitative estimate of drug-likeness (QED) is 0.195. The van der Waals surface area contributed by atoms with Gasteiger partial charge in [-0.05, 0) is 35.7 Å². The molecule has 5 aromatic carbocycles. The van der Waals surface area contributed by atoms with E-state index in [1.165, 1.54) is 0 Å². The fraction of sp³-hybridized carbons (Fsp3) is 0.150. The number of halogens is 1. The number of benzene rings is 5. The van der Waals surface area contributed by atoms with E-state index in [0.29, 0.717) is 32.3 Å². The van der Waals surface area contributed by atoms with Gasteiger partial charge in [0.05, 0.1) is 0 Å². The van der Waals surface area contributed by atoms with E-state index in [-0.39, 0.29) is 29.6 Å². The van der Waals surface area contributed by atoms with Gasteiger partial charge >= 0.3 is 0 Å². The Morgan fingerprint density at radius 1 is 0.522 bits per heavy atom. The first-order valence-corrected chi connectivity index (χ1v) is 16.2. The van der Waals surface area contributed by atoms with Crippen LogP contribution in [0.3, 0.4) is 0 Å². The van der Waals surface area contributed by atoms with Crippen molar-refractivity contribution in [2.75, 3.05) is 5.32 Å². The summed E-state index contributed by atoms with van der Waals surface area (Å²) < 4.78 is 0.624. The van der Waals surface area contributed by atoms with Crippen LogP contribution in [0.2, 0.25) is 0 Å². The van der Waals surface area contributed by atoms with Gasteiger partial charge < -0.3 is 5.32 Å². The number of nitrogens with one attached hydrogen (secondary N) is 1. The highest BCUT2D eigenvalue weighted by atomic mass is 79.9. The molecule has 8 rings (SSSR count). The number of rotatable bonds is 4. The van der Waals surface area contributed by atoms with Crippen molar-refractivity contribution in [3.05, 3.63) is 171 Å². The smallest absolute Gasteiger partial charge is 0.180 e. The van der Waals surface area contributed by atoms with Crippen molar-refractivity contribution >= 4 is 44.8 Å². The molecular formula is C40H28BrNO4. The minimum atomic E-state index is -1.82. The molecule has 1 N–H and O–H groups in total. The van der Waals surface area contributed by atoms with E-state index in [0.717, 1.165) is 11.3 Å². The molecule has 0 aliphatic heterocycles. The van der Waals surface area contributed by atoms with Gasteiger partial charge in [-0.2, -0.15) is 0 Å². The number of fused-ring (bicyclic) bond motifs is 2. The molecule has 5 nitrogen and oxygen atoms in total. The number of anilines is 1. The normalized spacial score (nSPS) is 22.2. The predicted molar refractivity (Wildman–Crippen MR) is 180 cm³/mol. The summed E-state index contributed by atoms with van der Waals surface area (Å²) in [4.78, 5) is 61.1. The lowest BCUT2D eigenvalue weighted by atomic mass is 9.43. The average molecular weight is 667 g/mol.